The predicted molar refractivity (Wildman–Crippen MR) is 114 cm³/mol. The number of aliphatic hydroxyl groups is 1. The number of pyridine rings is 1. The first-order valence-corrected chi connectivity index (χ1v) is 10.1. The van der Waals surface area contributed by atoms with Gasteiger partial charge < -0.3 is 9.84 Å². The van der Waals surface area contributed by atoms with Crippen LogP contribution in [-0.4, -0.2) is 34.7 Å². The van der Waals surface area contributed by atoms with Gasteiger partial charge in [-0.2, -0.15) is 13.2 Å². The SMILES string of the molecule is Cc1ccc2c(c1)C(CC(O)(/C=N/c1cccc3nc(C)ccc13)C(F)(F)F)CCO2. The molecule has 0 saturated carbocycles. The van der Waals surface area contributed by atoms with Gasteiger partial charge in [-0.25, -0.2) is 0 Å². The van der Waals surface area contributed by atoms with Gasteiger partial charge in [-0.05, 0) is 68.5 Å². The lowest BCUT2D eigenvalue weighted by atomic mass is 9.82. The molecule has 0 bridgehead atoms. The van der Waals surface area contributed by atoms with E-state index >= 15 is 0 Å². The van der Waals surface area contributed by atoms with Gasteiger partial charge in [0, 0.05) is 17.3 Å². The zero-order valence-corrected chi connectivity index (χ0v) is 17.3. The molecule has 0 radical (unpaired) electrons. The first-order valence-electron chi connectivity index (χ1n) is 10.1. The number of aromatic nitrogens is 1. The summed E-state index contributed by atoms with van der Waals surface area (Å²) in [5.41, 5.74) is 0.309. The van der Waals surface area contributed by atoms with E-state index in [1.54, 1.807) is 36.4 Å². The average molecular weight is 428 g/mol. The maximum atomic E-state index is 14.0. The molecule has 162 valence electrons. The Kier molecular flexibility index (Phi) is 5.47. The Bertz CT molecular complexity index is 1140. The van der Waals surface area contributed by atoms with Crippen molar-refractivity contribution >= 4 is 22.8 Å². The third-order valence-electron chi connectivity index (χ3n) is 5.64. The number of aryl methyl sites for hydroxylation is 2. The molecule has 1 aliphatic heterocycles. The van der Waals surface area contributed by atoms with E-state index in [2.05, 4.69) is 9.98 Å². The zero-order chi connectivity index (χ0) is 22.2. The second kappa shape index (κ2) is 7.96. The number of nitrogens with zero attached hydrogens (tertiary/aromatic N) is 2. The molecule has 4 rings (SSSR count). The lowest BCUT2D eigenvalue weighted by molar-refractivity contribution is -0.232. The highest BCUT2D eigenvalue weighted by molar-refractivity contribution is 5.92. The second-order valence-corrected chi connectivity index (χ2v) is 8.06. The van der Waals surface area contributed by atoms with Crippen LogP contribution >= 0.6 is 0 Å². The highest BCUT2D eigenvalue weighted by Crippen LogP contribution is 2.43. The number of alkyl halides is 3. The normalized spacial score (nSPS) is 18.6. The fourth-order valence-corrected chi connectivity index (χ4v) is 3.94. The summed E-state index contributed by atoms with van der Waals surface area (Å²) in [5, 5.41) is 11.4. The molecule has 1 N–H and O–H groups in total. The molecular weight excluding hydrogens is 405 g/mol. The lowest BCUT2D eigenvalue weighted by Gasteiger charge is -2.33. The third kappa shape index (κ3) is 4.28. The van der Waals surface area contributed by atoms with Crippen LogP contribution in [0.2, 0.25) is 0 Å². The molecule has 0 saturated heterocycles. The van der Waals surface area contributed by atoms with Gasteiger partial charge in [0.2, 0.25) is 0 Å². The molecule has 2 atom stereocenters. The smallest absolute Gasteiger partial charge is 0.422 e. The predicted octanol–water partition coefficient (Wildman–Crippen LogP) is 5.80. The number of ether oxygens (including phenoxy) is 1. The van der Waals surface area contributed by atoms with Crippen LogP contribution in [-0.2, 0) is 0 Å². The molecule has 31 heavy (non-hydrogen) atoms. The van der Waals surface area contributed by atoms with E-state index < -0.39 is 24.1 Å². The monoisotopic (exact) mass is 428 g/mol. The van der Waals surface area contributed by atoms with Crippen LogP contribution in [0.3, 0.4) is 0 Å². The van der Waals surface area contributed by atoms with Crippen molar-refractivity contribution in [3.05, 3.63) is 65.4 Å². The molecule has 1 aliphatic rings. The van der Waals surface area contributed by atoms with Gasteiger partial charge in [-0.1, -0.05) is 23.8 Å². The highest BCUT2D eigenvalue weighted by Gasteiger charge is 2.54. The Hall–Kier alpha value is -2.93. The topological polar surface area (TPSA) is 54.7 Å². The van der Waals surface area contributed by atoms with Gasteiger partial charge in [-0.15, -0.1) is 0 Å². The number of benzene rings is 2. The van der Waals surface area contributed by atoms with Gasteiger partial charge >= 0.3 is 6.18 Å². The first-order chi connectivity index (χ1) is 14.7. The molecule has 0 aliphatic carbocycles. The van der Waals surface area contributed by atoms with Crippen molar-refractivity contribution in [2.24, 2.45) is 4.99 Å². The summed E-state index contributed by atoms with van der Waals surface area (Å²) < 4.78 is 47.6. The number of hydrogen-bond acceptors (Lipinski definition) is 4. The van der Waals surface area contributed by atoms with E-state index in [9.17, 15) is 18.3 Å². The van der Waals surface area contributed by atoms with Crippen LogP contribution in [0.25, 0.3) is 10.9 Å². The van der Waals surface area contributed by atoms with Crippen molar-refractivity contribution in [2.75, 3.05) is 6.61 Å². The first kappa shape index (κ1) is 21.3. The minimum Gasteiger partial charge on any atom is -0.493 e. The van der Waals surface area contributed by atoms with Crippen molar-refractivity contribution in [1.82, 2.24) is 4.98 Å². The van der Waals surface area contributed by atoms with Crippen molar-refractivity contribution in [3.63, 3.8) is 0 Å². The molecule has 0 fully saturated rings. The quantitative estimate of drug-likeness (QED) is 0.534. The summed E-state index contributed by atoms with van der Waals surface area (Å²) in [4.78, 5) is 8.46. The number of aliphatic imine (C=N–C) groups is 1. The van der Waals surface area contributed by atoms with Crippen molar-refractivity contribution < 1.29 is 23.0 Å². The van der Waals surface area contributed by atoms with Crippen LogP contribution in [0.5, 0.6) is 5.75 Å². The Morgan fingerprint density at radius 2 is 1.97 bits per heavy atom. The van der Waals surface area contributed by atoms with E-state index in [0.717, 1.165) is 11.3 Å². The van der Waals surface area contributed by atoms with Gasteiger partial charge in [-0.3, -0.25) is 9.98 Å². The van der Waals surface area contributed by atoms with Gasteiger partial charge in [0.05, 0.1) is 17.8 Å². The summed E-state index contributed by atoms with van der Waals surface area (Å²) >= 11 is 0. The van der Waals surface area contributed by atoms with Gasteiger partial charge in [0.15, 0.2) is 5.60 Å². The van der Waals surface area contributed by atoms with Crippen LogP contribution in [0.4, 0.5) is 18.9 Å². The summed E-state index contributed by atoms with van der Waals surface area (Å²) in [6, 6.07) is 14.1. The maximum absolute atomic E-state index is 14.0. The Morgan fingerprint density at radius 1 is 1.16 bits per heavy atom. The molecule has 1 aromatic heterocycles. The minimum absolute atomic E-state index is 0.306. The average Bonchev–Trinajstić information content (AvgIpc) is 2.71. The summed E-state index contributed by atoms with van der Waals surface area (Å²) in [6.07, 6.45) is -4.38. The molecule has 2 heterocycles. The Morgan fingerprint density at radius 3 is 2.74 bits per heavy atom. The molecule has 0 amide bonds. The molecular formula is C24H23F3N2O2. The number of fused-ring (bicyclic) bond motifs is 2. The maximum Gasteiger partial charge on any atom is 0.422 e. The van der Waals surface area contributed by atoms with Crippen molar-refractivity contribution in [1.29, 1.82) is 0 Å². The van der Waals surface area contributed by atoms with Crippen LogP contribution < -0.4 is 4.74 Å². The van der Waals surface area contributed by atoms with E-state index in [-0.39, 0.29) is 0 Å². The van der Waals surface area contributed by atoms with E-state index in [0.29, 0.717) is 47.1 Å². The fraction of sp³-hybridized carbons (Fsp3) is 0.333. The molecule has 2 unspecified atom stereocenters. The summed E-state index contributed by atoms with van der Waals surface area (Å²) in [5.74, 6) is 0.0670. The molecule has 2 aromatic carbocycles. The zero-order valence-electron chi connectivity index (χ0n) is 17.3. The third-order valence-corrected chi connectivity index (χ3v) is 5.64. The number of hydrogen-bond donors (Lipinski definition) is 1. The van der Waals surface area contributed by atoms with E-state index in [1.807, 2.05) is 26.0 Å². The van der Waals surface area contributed by atoms with Crippen LogP contribution in [0, 0.1) is 13.8 Å². The van der Waals surface area contributed by atoms with E-state index in [1.165, 1.54) is 0 Å². The summed E-state index contributed by atoms with van der Waals surface area (Å²) in [6.45, 7) is 4.02. The van der Waals surface area contributed by atoms with E-state index in [4.69, 9.17) is 4.74 Å². The Labute approximate surface area is 178 Å². The van der Waals surface area contributed by atoms with Crippen LogP contribution in [0.1, 0.15) is 35.6 Å². The van der Waals surface area contributed by atoms with Gasteiger partial charge in [0.25, 0.3) is 0 Å². The lowest BCUT2D eigenvalue weighted by Crippen LogP contribution is -2.48. The highest BCUT2D eigenvalue weighted by atomic mass is 19.4. The molecule has 4 nitrogen and oxygen atoms in total. The molecule has 3 aromatic rings. The summed E-state index contributed by atoms with van der Waals surface area (Å²) in [7, 11) is 0. The number of rotatable bonds is 4. The minimum atomic E-state index is -4.88. The van der Waals surface area contributed by atoms with Crippen LogP contribution in [0.15, 0.2) is 53.5 Å². The van der Waals surface area contributed by atoms with Gasteiger partial charge in [0.1, 0.15) is 5.75 Å². The number of halogens is 3. The van der Waals surface area contributed by atoms with Crippen molar-refractivity contribution in [2.45, 2.75) is 44.4 Å². The fourth-order valence-electron chi connectivity index (χ4n) is 3.94. The standard InChI is InChI=1S/C24H23F3N2O2/c1-15-6-9-22-19(12-15)17(10-11-31-22)13-23(30,24(25,26)27)14-28-20-4-3-5-21-18(20)8-7-16(2)29-21/h3-9,12,14,17,30H,10-11,13H2,1-2H3/b28-14+. The second-order valence-electron chi connectivity index (χ2n) is 8.06. The molecule has 0 spiro atoms. The van der Waals surface area contributed by atoms with Crippen molar-refractivity contribution in [3.8, 4) is 5.75 Å². The Balaban J connectivity index is 1.70. The molecule has 7 heteroatoms. The largest absolute Gasteiger partial charge is 0.493 e.